The van der Waals surface area contributed by atoms with Crippen LogP contribution in [0.5, 0.6) is 11.5 Å². The second-order valence-corrected chi connectivity index (χ2v) is 7.85. The molecule has 33 heavy (non-hydrogen) atoms. The first kappa shape index (κ1) is 23.4. The Hall–Kier alpha value is -4.28. The SMILES string of the molecule is Cc1cc(C)c(C)c(Oc2cc(NC(=O)C(C)Cn3cc([N+](=O)[O-])cn3)cc([N+](=O)[O-])c2)c1. The lowest BCUT2D eigenvalue weighted by molar-refractivity contribution is -0.385. The van der Waals surface area contributed by atoms with Crippen LogP contribution < -0.4 is 10.1 Å². The molecule has 1 amide bonds. The first-order valence-corrected chi connectivity index (χ1v) is 10.1. The number of non-ortho nitro benzene ring substituents is 1. The summed E-state index contributed by atoms with van der Waals surface area (Å²) in [4.78, 5) is 33.7. The van der Waals surface area contributed by atoms with Gasteiger partial charge in [-0.2, -0.15) is 5.10 Å². The summed E-state index contributed by atoms with van der Waals surface area (Å²) < 4.78 is 7.23. The Bertz CT molecular complexity index is 1240. The predicted molar refractivity (Wildman–Crippen MR) is 120 cm³/mol. The van der Waals surface area contributed by atoms with Crippen LogP contribution in [0.15, 0.2) is 42.7 Å². The van der Waals surface area contributed by atoms with Crippen molar-refractivity contribution in [2.24, 2.45) is 5.92 Å². The predicted octanol–water partition coefficient (Wildman–Crippen LogP) is 4.69. The van der Waals surface area contributed by atoms with E-state index in [1.54, 1.807) is 6.92 Å². The molecule has 3 rings (SSSR count). The smallest absolute Gasteiger partial charge is 0.306 e. The van der Waals surface area contributed by atoms with Crippen molar-refractivity contribution in [1.29, 1.82) is 0 Å². The van der Waals surface area contributed by atoms with Gasteiger partial charge in [0.15, 0.2) is 0 Å². The molecule has 1 atom stereocenters. The van der Waals surface area contributed by atoms with E-state index in [1.807, 2.05) is 32.9 Å². The minimum absolute atomic E-state index is 0.0969. The number of carbonyl (C=O) groups excluding carboxylic acids is 1. The van der Waals surface area contributed by atoms with E-state index >= 15 is 0 Å². The molecule has 0 spiro atoms. The van der Waals surface area contributed by atoms with Crippen molar-refractivity contribution in [2.45, 2.75) is 34.2 Å². The van der Waals surface area contributed by atoms with Crippen molar-refractivity contribution >= 4 is 23.0 Å². The summed E-state index contributed by atoms with van der Waals surface area (Å²) in [6.07, 6.45) is 2.33. The number of rotatable bonds is 8. The normalized spacial score (nSPS) is 11.6. The van der Waals surface area contributed by atoms with E-state index in [0.29, 0.717) is 5.75 Å². The van der Waals surface area contributed by atoms with Crippen LogP contribution in [0.25, 0.3) is 0 Å². The largest absolute Gasteiger partial charge is 0.457 e. The molecular weight excluding hydrogens is 430 g/mol. The van der Waals surface area contributed by atoms with Crippen LogP contribution >= 0.6 is 0 Å². The lowest BCUT2D eigenvalue weighted by Crippen LogP contribution is -2.24. The quantitative estimate of drug-likeness (QED) is 0.385. The number of benzene rings is 2. The molecule has 2 aromatic carbocycles. The number of nitrogens with one attached hydrogen (secondary N) is 1. The maximum Gasteiger partial charge on any atom is 0.306 e. The summed E-state index contributed by atoms with van der Waals surface area (Å²) in [5, 5.41) is 28.7. The molecule has 3 aromatic rings. The van der Waals surface area contributed by atoms with Gasteiger partial charge < -0.3 is 10.1 Å². The molecule has 1 heterocycles. The summed E-state index contributed by atoms with van der Waals surface area (Å²) in [7, 11) is 0. The molecule has 0 aliphatic rings. The summed E-state index contributed by atoms with van der Waals surface area (Å²) in [6.45, 7) is 7.49. The highest BCUT2D eigenvalue weighted by Crippen LogP contribution is 2.33. The Labute approximate surface area is 189 Å². The van der Waals surface area contributed by atoms with Crippen molar-refractivity contribution in [3.63, 3.8) is 0 Å². The molecule has 1 aromatic heterocycles. The number of anilines is 1. The van der Waals surface area contributed by atoms with E-state index < -0.39 is 21.7 Å². The molecule has 172 valence electrons. The number of aryl methyl sites for hydroxylation is 2. The number of aromatic nitrogens is 2. The van der Waals surface area contributed by atoms with E-state index in [2.05, 4.69) is 10.4 Å². The maximum absolute atomic E-state index is 12.7. The average molecular weight is 453 g/mol. The van der Waals surface area contributed by atoms with Gasteiger partial charge in [-0.1, -0.05) is 13.0 Å². The number of amides is 1. The van der Waals surface area contributed by atoms with Gasteiger partial charge in [0.05, 0.1) is 34.1 Å². The molecule has 1 unspecified atom stereocenters. The molecule has 0 aliphatic carbocycles. The van der Waals surface area contributed by atoms with Gasteiger partial charge in [0, 0.05) is 12.1 Å². The van der Waals surface area contributed by atoms with E-state index in [1.165, 1.54) is 29.1 Å². The summed E-state index contributed by atoms with van der Waals surface area (Å²) >= 11 is 0. The van der Waals surface area contributed by atoms with Crippen molar-refractivity contribution in [2.75, 3.05) is 5.32 Å². The molecule has 0 aliphatic heterocycles. The van der Waals surface area contributed by atoms with Gasteiger partial charge in [-0.05, 0) is 43.5 Å². The lowest BCUT2D eigenvalue weighted by Gasteiger charge is -2.15. The van der Waals surface area contributed by atoms with Crippen LogP contribution in [0, 0.1) is 46.9 Å². The van der Waals surface area contributed by atoms with Crippen LogP contribution in [0.3, 0.4) is 0 Å². The minimum Gasteiger partial charge on any atom is -0.457 e. The highest BCUT2D eigenvalue weighted by atomic mass is 16.6. The summed E-state index contributed by atoms with van der Waals surface area (Å²) in [5.41, 5.74) is 2.70. The maximum atomic E-state index is 12.7. The third-order valence-corrected chi connectivity index (χ3v) is 5.10. The molecule has 1 N–H and O–H groups in total. The van der Waals surface area contributed by atoms with Gasteiger partial charge in [0.2, 0.25) is 5.91 Å². The van der Waals surface area contributed by atoms with Gasteiger partial charge in [0.1, 0.15) is 23.9 Å². The van der Waals surface area contributed by atoms with E-state index in [-0.39, 0.29) is 29.4 Å². The zero-order valence-electron chi connectivity index (χ0n) is 18.6. The topological polar surface area (TPSA) is 142 Å². The molecule has 0 bridgehead atoms. The monoisotopic (exact) mass is 453 g/mol. The van der Waals surface area contributed by atoms with E-state index in [4.69, 9.17) is 4.74 Å². The minimum atomic E-state index is -0.616. The Morgan fingerprint density at radius 1 is 1.09 bits per heavy atom. The molecule has 0 saturated heterocycles. The Morgan fingerprint density at radius 2 is 1.79 bits per heavy atom. The van der Waals surface area contributed by atoms with Crippen molar-refractivity contribution < 1.29 is 19.4 Å². The van der Waals surface area contributed by atoms with Gasteiger partial charge in [-0.15, -0.1) is 0 Å². The second kappa shape index (κ2) is 9.47. The van der Waals surface area contributed by atoms with Crippen LogP contribution in [-0.2, 0) is 11.3 Å². The van der Waals surface area contributed by atoms with Crippen LogP contribution in [0.1, 0.15) is 23.6 Å². The van der Waals surface area contributed by atoms with Crippen molar-refractivity contribution in [3.8, 4) is 11.5 Å². The number of nitro benzene ring substituents is 1. The van der Waals surface area contributed by atoms with Gasteiger partial charge in [-0.25, -0.2) is 0 Å². The van der Waals surface area contributed by atoms with Crippen LogP contribution in [0.2, 0.25) is 0 Å². The Balaban J connectivity index is 1.80. The van der Waals surface area contributed by atoms with E-state index in [9.17, 15) is 25.0 Å². The standard InChI is InChI=1S/C22H23N5O6/c1-13-5-14(2)16(4)21(6-13)33-20-8-17(7-18(9-20)26(29)30)24-22(28)15(3)11-25-12-19(10-23-25)27(31)32/h5-10,12,15H,11H2,1-4H3,(H,24,28). The zero-order chi connectivity index (χ0) is 24.3. The van der Waals surface area contributed by atoms with Gasteiger partial charge in [-0.3, -0.25) is 29.7 Å². The van der Waals surface area contributed by atoms with Crippen molar-refractivity contribution in [1.82, 2.24) is 9.78 Å². The number of hydrogen-bond acceptors (Lipinski definition) is 7. The molecular formula is C22H23N5O6. The highest BCUT2D eigenvalue weighted by molar-refractivity contribution is 5.92. The third kappa shape index (κ3) is 5.70. The molecule has 0 saturated carbocycles. The fraction of sp³-hybridized carbons (Fsp3) is 0.273. The Morgan fingerprint density at radius 3 is 2.42 bits per heavy atom. The Kier molecular flexibility index (Phi) is 6.71. The van der Waals surface area contributed by atoms with E-state index in [0.717, 1.165) is 22.9 Å². The first-order valence-electron chi connectivity index (χ1n) is 10.1. The van der Waals surface area contributed by atoms with Crippen LogP contribution in [0.4, 0.5) is 17.1 Å². The molecule has 0 fully saturated rings. The first-order chi connectivity index (χ1) is 15.5. The second-order valence-electron chi connectivity index (χ2n) is 7.85. The number of nitro groups is 2. The highest BCUT2D eigenvalue weighted by Gasteiger charge is 2.19. The average Bonchev–Trinajstić information content (AvgIpc) is 3.20. The summed E-state index contributed by atoms with van der Waals surface area (Å²) in [6, 6.07) is 7.89. The number of nitrogens with zero attached hydrogens (tertiary/aromatic N) is 4. The summed E-state index contributed by atoms with van der Waals surface area (Å²) in [5.74, 6) is -0.265. The zero-order valence-corrected chi connectivity index (χ0v) is 18.6. The number of carbonyl (C=O) groups is 1. The van der Waals surface area contributed by atoms with Gasteiger partial charge in [0.25, 0.3) is 5.69 Å². The van der Waals surface area contributed by atoms with Crippen LogP contribution in [-0.4, -0.2) is 25.5 Å². The number of ether oxygens (including phenoxy) is 1. The number of hydrogen-bond donors (Lipinski definition) is 1. The fourth-order valence-corrected chi connectivity index (χ4v) is 3.23. The molecule has 11 heteroatoms. The molecule has 11 nitrogen and oxygen atoms in total. The lowest BCUT2D eigenvalue weighted by atomic mass is 10.1. The fourth-order valence-electron chi connectivity index (χ4n) is 3.23. The van der Waals surface area contributed by atoms with Crippen molar-refractivity contribution in [3.05, 3.63) is 79.6 Å². The third-order valence-electron chi connectivity index (χ3n) is 5.10. The molecule has 0 radical (unpaired) electrons. The van der Waals surface area contributed by atoms with Gasteiger partial charge >= 0.3 is 5.69 Å².